The average molecular weight is 313 g/mol. The Labute approximate surface area is 125 Å². The van der Waals surface area contributed by atoms with Gasteiger partial charge in [-0.2, -0.15) is 0 Å². The number of para-hydroxylation sites is 2. The molecule has 0 saturated heterocycles. The maximum Gasteiger partial charge on any atom is 0.318 e. The van der Waals surface area contributed by atoms with Gasteiger partial charge in [-0.3, -0.25) is 9.59 Å². The maximum atomic E-state index is 11.4. The van der Waals surface area contributed by atoms with Gasteiger partial charge in [0.15, 0.2) is 17.6 Å². The van der Waals surface area contributed by atoms with Crippen LogP contribution in [0.15, 0.2) is 33.9 Å². The molecule has 0 amide bonds. The van der Waals surface area contributed by atoms with E-state index in [2.05, 4.69) is 4.98 Å². The van der Waals surface area contributed by atoms with Crippen molar-refractivity contribution in [1.82, 2.24) is 11.1 Å². The minimum atomic E-state index is -0.523. The fraction of sp³-hybridized carbons (Fsp3) is 0.308. The predicted octanol–water partition coefficient (Wildman–Crippen LogP) is 3.10. The molecule has 2 rings (SSSR count). The van der Waals surface area contributed by atoms with Crippen molar-refractivity contribution in [3.05, 3.63) is 24.3 Å². The number of carbonyl (C=O) groups is 2. The van der Waals surface area contributed by atoms with Crippen LogP contribution in [-0.4, -0.2) is 23.5 Å². The normalized spacial score (nSPS) is 9.95. The minimum absolute atomic E-state index is 0. The van der Waals surface area contributed by atoms with Gasteiger partial charge in [0.2, 0.25) is 0 Å². The zero-order chi connectivity index (χ0) is 14.4. The molecule has 1 aromatic heterocycles. The lowest BCUT2D eigenvalue weighted by molar-refractivity contribution is -0.146. The van der Waals surface area contributed by atoms with Gasteiger partial charge in [-0.1, -0.05) is 12.1 Å². The second-order valence-electron chi connectivity index (χ2n) is 3.79. The first-order valence-electron chi connectivity index (χ1n) is 6.07. The molecule has 0 bridgehead atoms. The van der Waals surface area contributed by atoms with Gasteiger partial charge in [-0.25, -0.2) is 4.98 Å². The molecule has 0 spiro atoms. The zero-order valence-electron chi connectivity index (χ0n) is 11.8. The molecule has 0 aliphatic heterocycles. The second-order valence-corrected chi connectivity index (χ2v) is 4.47. The molecule has 0 aliphatic carbocycles. The Morgan fingerprint density at radius 3 is 2.67 bits per heavy atom. The number of esters is 1. The summed E-state index contributed by atoms with van der Waals surface area (Å²) in [6.07, 6.45) is -0.0349. The van der Waals surface area contributed by atoms with Crippen molar-refractivity contribution in [3.8, 4) is 0 Å². The molecule has 0 aliphatic rings. The van der Waals surface area contributed by atoms with E-state index in [0.717, 1.165) is 12.0 Å². The van der Waals surface area contributed by atoms with Gasteiger partial charge in [0.1, 0.15) is 5.52 Å². The zero-order valence-corrected chi connectivity index (χ0v) is 12.6. The van der Waals surface area contributed by atoms with E-state index < -0.39 is 11.9 Å². The van der Waals surface area contributed by atoms with E-state index in [4.69, 9.17) is 13.3 Å². The van der Waals surface area contributed by atoms with Crippen LogP contribution in [0.25, 0.3) is 11.1 Å². The van der Waals surface area contributed by atoms with Gasteiger partial charge in [0, 0.05) is 0 Å². The SMILES string of the molecule is CCOC(=O)CCC(=O)OSc1nc2ccccc2o1.[NH4+]. The molecular weight excluding hydrogens is 296 g/mol. The number of ether oxygens (including phenoxy) is 1. The van der Waals surface area contributed by atoms with Crippen molar-refractivity contribution >= 4 is 35.1 Å². The molecule has 0 fully saturated rings. The van der Waals surface area contributed by atoms with E-state index >= 15 is 0 Å². The van der Waals surface area contributed by atoms with Crippen molar-refractivity contribution in [3.63, 3.8) is 0 Å². The van der Waals surface area contributed by atoms with Gasteiger partial charge in [-0.05, 0) is 19.1 Å². The highest BCUT2D eigenvalue weighted by Crippen LogP contribution is 2.24. The number of carbonyl (C=O) groups excluding carboxylic acids is 2. The number of quaternary nitrogens is 1. The van der Waals surface area contributed by atoms with Gasteiger partial charge in [0.05, 0.1) is 19.4 Å². The number of fused-ring (bicyclic) bond motifs is 1. The molecule has 0 unspecified atom stereocenters. The molecule has 1 heterocycles. The average Bonchev–Trinajstić information content (AvgIpc) is 2.86. The van der Waals surface area contributed by atoms with Crippen LogP contribution in [0.4, 0.5) is 0 Å². The number of oxazole rings is 1. The number of rotatable bonds is 6. The van der Waals surface area contributed by atoms with Crippen molar-refractivity contribution in [2.75, 3.05) is 6.61 Å². The van der Waals surface area contributed by atoms with E-state index in [1.54, 1.807) is 19.1 Å². The van der Waals surface area contributed by atoms with Gasteiger partial charge in [0.25, 0.3) is 5.22 Å². The Hall–Kier alpha value is -2.06. The van der Waals surface area contributed by atoms with E-state index in [9.17, 15) is 9.59 Å². The van der Waals surface area contributed by atoms with Crippen LogP contribution in [0.1, 0.15) is 19.8 Å². The van der Waals surface area contributed by atoms with Crippen molar-refractivity contribution in [1.29, 1.82) is 0 Å². The van der Waals surface area contributed by atoms with E-state index in [0.29, 0.717) is 17.7 Å². The molecule has 114 valence electrons. The lowest BCUT2D eigenvalue weighted by Crippen LogP contribution is -2.07. The second kappa shape index (κ2) is 8.28. The molecule has 2 aromatic rings. The highest BCUT2D eigenvalue weighted by Gasteiger charge is 2.12. The van der Waals surface area contributed by atoms with Crippen LogP contribution in [0.2, 0.25) is 0 Å². The van der Waals surface area contributed by atoms with Crippen molar-refractivity contribution in [2.45, 2.75) is 25.0 Å². The molecule has 8 heteroatoms. The number of nitrogens with zero attached hydrogens (tertiary/aromatic N) is 1. The summed E-state index contributed by atoms with van der Waals surface area (Å²) < 4.78 is 15.0. The fourth-order valence-electron chi connectivity index (χ4n) is 1.45. The van der Waals surface area contributed by atoms with Crippen LogP contribution in [0.5, 0.6) is 0 Å². The Balaban J connectivity index is 0.00000220. The summed E-state index contributed by atoms with van der Waals surface area (Å²) in [5.74, 6) is -0.943. The fourth-order valence-corrected chi connectivity index (χ4v) is 1.95. The van der Waals surface area contributed by atoms with Crippen LogP contribution in [0.3, 0.4) is 0 Å². The van der Waals surface area contributed by atoms with Gasteiger partial charge >= 0.3 is 11.9 Å². The van der Waals surface area contributed by atoms with Crippen LogP contribution < -0.4 is 6.15 Å². The first-order valence-corrected chi connectivity index (χ1v) is 6.81. The summed E-state index contributed by atoms with van der Waals surface area (Å²) >= 11 is 0.740. The summed E-state index contributed by atoms with van der Waals surface area (Å²) in [6, 6.07) is 7.23. The summed E-state index contributed by atoms with van der Waals surface area (Å²) in [7, 11) is 0. The smallest absolute Gasteiger partial charge is 0.318 e. The molecule has 4 N–H and O–H groups in total. The minimum Gasteiger partial charge on any atom is -0.466 e. The lowest BCUT2D eigenvalue weighted by atomic mass is 10.3. The third-order valence-electron chi connectivity index (χ3n) is 2.32. The monoisotopic (exact) mass is 313 g/mol. The third-order valence-corrected chi connectivity index (χ3v) is 2.91. The number of hydrogen-bond acceptors (Lipinski definition) is 7. The largest absolute Gasteiger partial charge is 0.466 e. The van der Waals surface area contributed by atoms with Gasteiger partial charge < -0.3 is 19.5 Å². The quantitative estimate of drug-likeness (QED) is 0.643. The topological polar surface area (TPSA) is 115 Å². The van der Waals surface area contributed by atoms with E-state index in [-0.39, 0.29) is 24.2 Å². The van der Waals surface area contributed by atoms with Gasteiger partial charge in [-0.15, -0.1) is 0 Å². The van der Waals surface area contributed by atoms with Crippen molar-refractivity contribution < 1.29 is 22.9 Å². The lowest BCUT2D eigenvalue weighted by Gasteiger charge is -2.00. The number of hydrogen-bond donors (Lipinski definition) is 1. The molecule has 21 heavy (non-hydrogen) atoms. The predicted molar refractivity (Wildman–Crippen MR) is 77.8 cm³/mol. The third kappa shape index (κ3) is 5.09. The molecule has 0 atom stereocenters. The Morgan fingerprint density at radius 1 is 1.24 bits per heavy atom. The first kappa shape index (κ1) is 17.0. The summed E-state index contributed by atoms with van der Waals surface area (Å²) in [5, 5.41) is 0.246. The van der Waals surface area contributed by atoms with Crippen LogP contribution in [-0.2, 0) is 18.5 Å². The van der Waals surface area contributed by atoms with E-state index in [1.807, 2.05) is 12.1 Å². The standard InChI is InChI=1S/C13H13NO5S.H3N/c1-2-17-11(15)7-8-12(16)19-20-13-14-9-5-3-4-6-10(9)18-13;/h3-6H,2,7-8H2,1H3;1H3/p+1. The Bertz CT molecular complexity index is 580. The summed E-state index contributed by atoms with van der Waals surface area (Å²) in [6.45, 7) is 2.00. The molecule has 7 nitrogen and oxygen atoms in total. The molecule has 0 radical (unpaired) electrons. The van der Waals surface area contributed by atoms with Crippen LogP contribution in [0, 0.1) is 0 Å². The van der Waals surface area contributed by atoms with E-state index in [1.165, 1.54) is 0 Å². The first-order chi connectivity index (χ1) is 9.69. The number of aromatic nitrogens is 1. The highest BCUT2D eigenvalue weighted by atomic mass is 32.2. The molecule has 1 aromatic carbocycles. The van der Waals surface area contributed by atoms with Crippen LogP contribution >= 0.6 is 12.0 Å². The maximum absolute atomic E-state index is 11.4. The van der Waals surface area contributed by atoms with Crippen molar-refractivity contribution in [2.24, 2.45) is 0 Å². The Kier molecular flexibility index (Phi) is 6.70. The molecular formula is C13H17N2O5S+. The highest BCUT2D eigenvalue weighted by molar-refractivity contribution is 7.94. The summed E-state index contributed by atoms with van der Waals surface area (Å²) in [4.78, 5) is 26.6. The molecule has 0 saturated carbocycles. The summed E-state index contributed by atoms with van der Waals surface area (Å²) in [5.41, 5.74) is 1.31. The number of benzene rings is 1. The Morgan fingerprint density at radius 2 is 1.95 bits per heavy atom.